The highest BCUT2D eigenvalue weighted by Crippen LogP contribution is 2.29. The molecule has 11 heteroatoms. The number of benzene rings is 1. The molecule has 2 aromatic rings. The second-order valence-electron chi connectivity index (χ2n) is 7.11. The van der Waals surface area contributed by atoms with Gasteiger partial charge in [0.25, 0.3) is 0 Å². The number of halogens is 3. The highest BCUT2D eigenvalue weighted by atomic mass is 32.2. The average Bonchev–Trinajstić information content (AvgIpc) is 2.68. The molecule has 0 spiro atoms. The number of hydrogen-bond donors (Lipinski definition) is 0. The molecule has 0 aliphatic carbocycles. The second-order valence-corrected chi connectivity index (χ2v) is 9.04. The Labute approximate surface area is 172 Å². The lowest BCUT2D eigenvalue weighted by Crippen LogP contribution is -2.44. The number of sulfonamides is 1. The Morgan fingerprint density at radius 1 is 1.17 bits per heavy atom. The first-order chi connectivity index (χ1) is 14.1. The molecule has 1 saturated heterocycles. The van der Waals surface area contributed by atoms with Crippen LogP contribution in [0, 0.1) is 0 Å². The van der Waals surface area contributed by atoms with Crippen LogP contribution in [-0.4, -0.2) is 48.0 Å². The topological polar surface area (TPSA) is 81.6 Å². The molecule has 1 atom stereocenters. The van der Waals surface area contributed by atoms with Gasteiger partial charge in [-0.3, -0.25) is 0 Å². The molecule has 1 aromatic carbocycles. The molecular formula is C19H22F3N3O4S. The summed E-state index contributed by atoms with van der Waals surface area (Å²) in [6.45, 7) is 4.02. The van der Waals surface area contributed by atoms with Crippen LogP contribution in [0.25, 0.3) is 0 Å². The number of aromatic nitrogens is 2. The highest BCUT2D eigenvalue weighted by molar-refractivity contribution is 7.89. The van der Waals surface area contributed by atoms with E-state index in [0.717, 1.165) is 12.3 Å². The summed E-state index contributed by atoms with van der Waals surface area (Å²) in [5, 5.41) is 0. The molecule has 1 aliphatic rings. The van der Waals surface area contributed by atoms with Gasteiger partial charge in [0.2, 0.25) is 10.0 Å². The minimum Gasteiger partial charge on any atom is -0.491 e. The van der Waals surface area contributed by atoms with Gasteiger partial charge < -0.3 is 9.47 Å². The van der Waals surface area contributed by atoms with Crippen LogP contribution in [0.3, 0.4) is 0 Å². The number of alkyl halides is 3. The lowest BCUT2D eigenvalue weighted by molar-refractivity contribution is -0.141. The van der Waals surface area contributed by atoms with Crippen LogP contribution >= 0.6 is 0 Å². The zero-order valence-corrected chi connectivity index (χ0v) is 17.3. The predicted octanol–water partition coefficient (Wildman–Crippen LogP) is 3.51. The van der Waals surface area contributed by atoms with Gasteiger partial charge in [-0.05, 0) is 57.0 Å². The van der Waals surface area contributed by atoms with Crippen molar-refractivity contribution < 1.29 is 31.1 Å². The quantitative estimate of drug-likeness (QED) is 0.677. The SMILES string of the molecule is CC(C)Oc1ccc(S(=O)(=O)N2CCCC(Oc3nccc(C(F)(F)F)n3)C2)cc1. The van der Waals surface area contributed by atoms with E-state index in [9.17, 15) is 21.6 Å². The molecule has 1 aliphatic heterocycles. The van der Waals surface area contributed by atoms with Crippen molar-refractivity contribution in [2.75, 3.05) is 13.1 Å². The van der Waals surface area contributed by atoms with Crippen molar-refractivity contribution in [2.45, 2.75) is 50.0 Å². The largest absolute Gasteiger partial charge is 0.491 e. The maximum absolute atomic E-state index is 13.0. The monoisotopic (exact) mass is 445 g/mol. The Morgan fingerprint density at radius 3 is 2.50 bits per heavy atom. The van der Waals surface area contributed by atoms with Crippen molar-refractivity contribution in [3.63, 3.8) is 0 Å². The summed E-state index contributed by atoms with van der Waals surface area (Å²) in [7, 11) is -3.79. The maximum Gasteiger partial charge on any atom is 0.433 e. The molecule has 2 heterocycles. The van der Waals surface area contributed by atoms with Gasteiger partial charge in [-0.25, -0.2) is 13.4 Å². The molecule has 7 nitrogen and oxygen atoms in total. The number of piperidine rings is 1. The van der Waals surface area contributed by atoms with Crippen molar-refractivity contribution in [3.05, 3.63) is 42.2 Å². The molecular weight excluding hydrogens is 423 g/mol. The van der Waals surface area contributed by atoms with Gasteiger partial charge in [0.15, 0.2) is 5.69 Å². The molecule has 1 unspecified atom stereocenters. The fourth-order valence-corrected chi connectivity index (χ4v) is 4.55. The van der Waals surface area contributed by atoms with Gasteiger partial charge in [-0.1, -0.05) is 0 Å². The van der Waals surface area contributed by atoms with Crippen molar-refractivity contribution in [1.82, 2.24) is 14.3 Å². The van der Waals surface area contributed by atoms with Crippen molar-refractivity contribution >= 4 is 10.0 Å². The molecule has 0 saturated carbocycles. The zero-order valence-electron chi connectivity index (χ0n) is 16.5. The zero-order chi connectivity index (χ0) is 21.9. The summed E-state index contributed by atoms with van der Waals surface area (Å²) in [5.74, 6) is 0.561. The standard InChI is InChI=1S/C19H22F3N3O4S/c1-13(2)28-14-5-7-16(8-6-14)30(26,27)25-11-3-4-15(12-25)29-18-23-10-9-17(24-18)19(20,21)22/h5-10,13,15H,3-4,11-12H2,1-2H3. The van der Waals surface area contributed by atoms with Crippen molar-refractivity contribution in [3.8, 4) is 11.8 Å². The molecule has 0 radical (unpaired) electrons. The smallest absolute Gasteiger partial charge is 0.433 e. The fourth-order valence-electron chi connectivity index (χ4n) is 3.04. The molecule has 164 valence electrons. The highest BCUT2D eigenvalue weighted by Gasteiger charge is 2.34. The van der Waals surface area contributed by atoms with Crippen LogP contribution in [0.5, 0.6) is 11.8 Å². The summed E-state index contributed by atoms with van der Waals surface area (Å²) in [6.07, 6.45) is -3.37. The average molecular weight is 445 g/mol. The van der Waals surface area contributed by atoms with E-state index in [4.69, 9.17) is 9.47 Å². The van der Waals surface area contributed by atoms with Crippen LogP contribution in [0.2, 0.25) is 0 Å². The van der Waals surface area contributed by atoms with Crippen LogP contribution in [0.1, 0.15) is 32.4 Å². The van der Waals surface area contributed by atoms with Gasteiger partial charge in [-0.15, -0.1) is 0 Å². The van der Waals surface area contributed by atoms with Gasteiger partial charge in [0, 0.05) is 12.7 Å². The summed E-state index contributed by atoms with van der Waals surface area (Å²) in [5.41, 5.74) is -1.11. The van der Waals surface area contributed by atoms with E-state index < -0.39 is 34.0 Å². The Balaban J connectivity index is 1.71. The lowest BCUT2D eigenvalue weighted by Gasteiger charge is -2.31. The van der Waals surface area contributed by atoms with E-state index in [1.807, 2.05) is 13.8 Å². The molecule has 1 aromatic heterocycles. The Bertz CT molecular complexity index is 966. The second kappa shape index (κ2) is 8.76. The number of nitrogens with zero attached hydrogens (tertiary/aromatic N) is 3. The summed E-state index contributed by atoms with van der Waals surface area (Å²) in [4.78, 5) is 7.19. The lowest BCUT2D eigenvalue weighted by atomic mass is 10.1. The third-order valence-corrected chi connectivity index (χ3v) is 6.25. The first-order valence-corrected chi connectivity index (χ1v) is 10.8. The van der Waals surface area contributed by atoms with E-state index in [2.05, 4.69) is 9.97 Å². The molecule has 30 heavy (non-hydrogen) atoms. The normalized spacial score (nSPS) is 18.4. The predicted molar refractivity (Wildman–Crippen MR) is 102 cm³/mol. The van der Waals surface area contributed by atoms with Crippen LogP contribution < -0.4 is 9.47 Å². The molecule has 3 rings (SSSR count). The minimum atomic E-state index is -4.62. The van der Waals surface area contributed by atoms with Crippen LogP contribution in [0.4, 0.5) is 13.2 Å². The van der Waals surface area contributed by atoms with Crippen LogP contribution in [0.15, 0.2) is 41.4 Å². The first-order valence-electron chi connectivity index (χ1n) is 9.39. The van der Waals surface area contributed by atoms with E-state index in [-0.39, 0.29) is 24.1 Å². The minimum absolute atomic E-state index is 0.00775. The van der Waals surface area contributed by atoms with Crippen molar-refractivity contribution in [1.29, 1.82) is 0 Å². The van der Waals surface area contributed by atoms with Gasteiger partial charge >= 0.3 is 12.2 Å². The van der Waals surface area contributed by atoms with Crippen LogP contribution in [-0.2, 0) is 16.2 Å². The molecule has 1 fully saturated rings. The Hall–Kier alpha value is -2.40. The van der Waals surface area contributed by atoms with Gasteiger partial charge in [0.1, 0.15) is 11.9 Å². The number of rotatable bonds is 6. The molecule has 0 bridgehead atoms. The van der Waals surface area contributed by atoms with E-state index >= 15 is 0 Å². The summed E-state index contributed by atoms with van der Waals surface area (Å²) >= 11 is 0. The summed E-state index contributed by atoms with van der Waals surface area (Å²) in [6, 6.07) is 6.42. The number of hydrogen-bond acceptors (Lipinski definition) is 6. The first kappa shape index (κ1) is 22.3. The van der Waals surface area contributed by atoms with E-state index in [1.54, 1.807) is 12.1 Å². The summed E-state index contributed by atoms with van der Waals surface area (Å²) < 4.78 is 76.6. The van der Waals surface area contributed by atoms with Gasteiger partial charge in [-0.2, -0.15) is 22.5 Å². The maximum atomic E-state index is 13.0. The Morgan fingerprint density at radius 2 is 1.87 bits per heavy atom. The van der Waals surface area contributed by atoms with Gasteiger partial charge in [0.05, 0.1) is 17.5 Å². The van der Waals surface area contributed by atoms with E-state index in [1.165, 1.54) is 16.4 Å². The third-order valence-electron chi connectivity index (χ3n) is 4.37. The Kier molecular flexibility index (Phi) is 6.51. The molecule has 0 amide bonds. The number of ether oxygens (including phenoxy) is 2. The van der Waals surface area contributed by atoms with E-state index in [0.29, 0.717) is 18.6 Å². The third kappa shape index (κ3) is 5.39. The molecule has 0 N–H and O–H groups in total. The fraction of sp³-hybridized carbons (Fsp3) is 0.474. The van der Waals surface area contributed by atoms with Crippen molar-refractivity contribution in [2.24, 2.45) is 0 Å².